The van der Waals surface area contributed by atoms with E-state index in [-0.39, 0.29) is 5.91 Å². The van der Waals surface area contributed by atoms with Crippen LogP contribution in [-0.2, 0) is 4.79 Å². The topological polar surface area (TPSA) is 32.3 Å². The first-order valence-corrected chi connectivity index (χ1v) is 3.02. The Bertz CT molecular complexity index is 114. The van der Waals surface area contributed by atoms with E-state index in [9.17, 15) is 4.79 Å². The SMILES string of the molecule is [CH]CN1CCNC(=O)C1. The van der Waals surface area contributed by atoms with E-state index in [0.717, 1.165) is 13.1 Å². The summed E-state index contributed by atoms with van der Waals surface area (Å²) >= 11 is 0. The molecule has 0 saturated carbocycles. The van der Waals surface area contributed by atoms with Crippen molar-refractivity contribution < 1.29 is 4.79 Å². The minimum Gasteiger partial charge on any atom is -0.354 e. The predicted octanol–water partition coefficient (Wildman–Crippen LogP) is -0.871. The van der Waals surface area contributed by atoms with Gasteiger partial charge in [-0.2, -0.15) is 0 Å². The van der Waals surface area contributed by atoms with Crippen LogP contribution in [0.2, 0.25) is 0 Å². The largest absolute Gasteiger partial charge is 0.354 e. The number of nitrogens with zero attached hydrogens (tertiary/aromatic N) is 1. The van der Waals surface area contributed by atoms with Crippen molar-refractivity contribution in [3.8, 4) is 0 Å². The molecule has 0 atom stereocenters. The van der Waals surface area contributed by atoms with E-state index < -0.39 is 0 Å². The fourth-order valence-electron chi connectivity index (χ4n) is 0.847. The monoisotopic (exact) mass is 126 g/mol. The van der Waals surface area contributed by atoms with E-state index in [4.69, 9.17) is 6.92 Å². The molecular weight excluding hydrogens is 116 g/mol. The summed E-state index contributed by atoms with van der Waals surface area (Å²) < 4.78 is 0. The van der Waals surface area contributed by atoms with Crippen LogP contribution in [0.15, 0.2) is 0 Å². The third kappa shape index (κ3) is 1.68. The Hall–Kier alpha value is -0.570. The van der Waals surface area contributed by atoms with E-state index in [1.165, 1.54) is 0 Å². The van der Waals surface area contributed by atoms with E-state index in [0.29, 0.717) is 13.1 Å². The maximum atomic E-state index is 10.6. The van der Waals surface area contributed by atoms with Gasteiger partial charge in [-0.1, -0.05) is 0 Å². The van der Waals surface area contributed by atoms with Crippen LogP contribution in [0.5, 0.6) is 0 Å². The standard InChI is InChI=1S/C6H10N2O/c1-2-8-4-3-7-6(9)5-8/h1H,2-5H2,(H,7,9). The zero-order chi connectivity index (χ0) is 6.69. The van der Waals surface area contributed by atoms with Gasteiger partial charge < -0.3 is 5.32 Å². The summed E-state index contributed by atoms with van der Waals surface area (Å²) in [4.78, 5) is 12.5. The lowest BCUT2D eigenvalue weighted by molar-refractivity contribution is -0.123. The molecule has 9 heavy (non-hydrogen) atoms. The predicted molar refractivity (Wildman–Crippen MR) is 33.7 cm³/mol. The van der Waals surface area contributed by atoms with Gasteiger partial charge in [0, 0.05) is 19.6 Å². The van der Waals surface area contributed by atoms with Crippen LogP contribution in [0.4, 0.5) is 0 Å². The second-order valence-electron chi connectivity index (χ2n) is 2.09. The maximum absolute atomic E-state index is 10.6. The highest BCUT2D eigenvalue weighted by Gasteiger charge is 2.12. The van der Waals surface area contributed by atoms with E-state index in [1.54, 1.807) is 0 Å². The second kappa shape index (κ2) is 2.82. The molecule has 50 valence electrons. The molecule has 1 fully saturated rings. The van der Waals surface area contributed by atoms with Gasteiger partial charge in [0.2, 0.25) is 5.91 Å². The number of nitrogens with one attached hydrogen (secondary N) is 1. The molecule has 0 unspecified atom stereocenters. The zero-order valence-electron chi connectivity index (χ0n) is 5.26. The van der Waals surface area contributed by atoms with Crippen molar-refractivity contribution in [3.63, 3.8) is 0 Å². The average molecular weight is 126 g/mol. The molecule has 0 bridgehead atoms. The molecule has 1 heterocycles. The maximum Gasteiger partial charge on any atom is 0.234 e. The lowest BCUT2D eigenvalue weighted by Gasteiger charge is -2.24. The van der Waals surface area contributed by atoms with Crippen LogP contribution in [0, 0.1) is 6.92 Å². The number of amides is 1. The zero-order valence-corrected chi connectivity index (χ0v) is 5.26. The number of carbonyl (C=O) groups excluding carboxylic acids is 1. The van der Waals surface area contributed by atoms with Crippen LogP contribution >= 0.6 is 0 Å². The Kier molecular flexibility index (Phi) is 2.05. The van der Waals surface area contributed by atoms with Gasteiger partial charge in [0.15, 0.2) is 0 Å². The van der Waals surface area contributed by atoms with Crippen molar-refractivity contribution in [1.29, 1.82) is 0 Å². The third-order valence-electron chi connectivity index (χ3n) is 1.38. The van der Waals surface area contributed by atoms with Crippen LogP contribution in [0.25, 0.3) is 0 Å². The van der Waals surface area contributed by atoms with E-state index in [1.807, 2.05) is 4.90 Å². The van der Waals surface area contributed by atoms with Crippen molar-refractivity contribution in [2.45, 2.75) is 0 Å². The van der Waals surface area contributed by atoms with Crippen molar-refractivity contribution in [1.82, 2.24) is 10.2 Å². The van der Waals surface area contributed by atoms with Crippen molar-refractivity contribution in [3.05, 3.63) is 6.92 Å². The summed E-state index contributed by atoms with van der Waals surface area (Å²) in [5, 5.41) is 2.71. The molecule has 3 nitrogen and oxygen atoms in total. The van der Waals surface area contributed by atoms with Crippen molar-refractivity contribution >= 4 is 5.91 Å². The molecule has 1 aliphatic heterocycles. The fourth-order valence-corrected chi connectivity index (χ4v) is 0.847. The van der Waals surface area contributed by atoms with Crippen molar-refractivity contribution in [2.75, 3.05) is 26.2 Å². The average Bonchev–Trinajstić information content (AvgIpc) is 1.88. The molecular formula is C6H10N2O. The second-order valence-corrected chi connectivity index (χ2v) is 2.09. The Labute approximate surface area is 55.0 Å². The van der Waals surface area contributed by atoms with Crippen molar-refractivity contribution in [2.24, 2.45) is 0 Å². The minimum atomic E-state index is 0.0756. The molecule has 0 aromatic heterocycles. The van der Waals surface area contributed by atoms with Gasteiger partial charge in [0.25, 0.3) is 0 Å². The quantitative estimate of drug-likeness (QED) is 0.495. The number of hydrogen-bond acceptors (Lipinski definition) is 2. The third-order valence-corrected chi connectivity index (χ3v) is 1.38. The molecule has 0 aromatic rings. The van der Waals surface area contributed by atoms with Crippen LogP contribution < -0.4 is 5.32 Å². The van der Waals surface area contributed by atoms with Gasteiger partial charge in [0.1, 0.15) is 0 Å². The van der Waals surface area contributed by atoms with Gasteiger partial charge in [-0.05, 0) is 6.92 Å². The van der Waals surface area contributed by atoms with Crippen LogP contribution in [-0.4, -0.2) is 37.0 Å². The normalized spacial score (nSPS) is 21.7. The molecule has 2 radical (unpaired) electrons. The lowest BCUT2D eigenvalue weighted by atomic mass is 10.3. The fraction of sp³-hybridized carbons (Fsp3) is 0.667. The highest BCUT2D eigenvalue weighted by atomic mass is 16.2. The first kappa shape index (κ1) is 6.55. The molecule has 0 aromatic carbocycles. The molecule has 0 aliphatic carbocycles. The van der Waals surface area contributed by atoms with Gasteiger partial charge in [-0.3, -0.25) is 9.69 Å². The Morgan fingerprint density at radius 2 is 2.56 bits per heavy atom. The summed E-state index contributed by atoms with van der Waals surface area (Å²) in [6.07, 6.45) is 0. The van der Waals surface area contributed by atoms with E-state index >= 15 is 0 Å². The summed E-state index contributed by atoms with van der Waals surface area (Å²) in [6.45, 7) is 7.86. The number of carbonyl (C=O) groups is 1. The Morgan fingerprint density at radius 1 is 1.78 bits per heavy atom. The molecule has 1 aliphatic rings. The molecule has 1 saturated heterocycles. The summed E-state index contributed by atoms with van der Waals surface area (Å²) in [5.41, 5.74) is 0. The highest BCUT2D eigenvalue weighted by molar-refractivity contribution is 5.78. The highest BCUT2D eigenvalue weighted by Crippen LogP contribution is 1.89. The first-order valence-electron chi connectivity index (χ1n) is 3.02. The smallest absolute Gasteiger partial charge is 0.234 e. The Balaban J connectivity index is 2.32. The van der Waals surface area contributed by atoms with Crippen LogP contribution in [0.3, 0.4) is 0 Å². The van der Waals surface area contributed by atoms with Gasteiger partial charge >= 0.3 is 0 Å². The van der Waals surface area contributed by atoms with Crippen LogP contribution in [0.1, 0.15) is 0 Å². The molecule has 1 rings (SSSR count). The molecule has 1 amide bonds. The molecule has 3 heteroatoms. The van der Waals surface area contributed by atoms with E-state index in [2.05, 4.69) is 5.32 Å². The number of rotatable bonds is 1. The Morgan fingerprint density at radius 3 is 3.00 bits per heavy atom. The minimum absolute atomic E-state index is 0.0756. The van der Waals surface area contributed by atoms with Gasteiger partial charge in [-0.25, -0.2) is 0 Å². The number of hydrogen-bond donors (Lipinski definition) is 1. The lowest BCUT2D eigenvalue weighted by Crippen LogP contribution is -2.47. The molecule has 0 spiro atoms. The first-order chi connectivity index (χ1) is 4.33. The van der Waals surface area contributed by atoms with Gasteiger partial charge in [0.05, 0.1) is 6.54 Å². The summed E-state index contributed by atoms with van der Waals surface area (Å²) in [7, 11) is 0. The van der Waals surface area contributed by atoms with Gasteiger partial charge in [-0.15, -0.1) is 0 Å². The molecule has 1 N–H and O–H groups in total. The number of piperazine rings is 1. The summed E-state index contributed by atoms with van der Waals surface area (Å²) in [5.74, 6) is 0.0756. The summed E-state index contributed by atoms with van der Waals surface area (Å²) in [6, 6.07) is 0.